The van der Waals surface area contributed by atoms with Gasteiger partial charge in [-0.2, -0.15) is 0 Å². The lowest BCUT2D eigenvalue weighted by Gasteiger charge is -2.19. The Bertz CT molecular complexity index is 803. The summed E-state index contributed by atoms with van der Waals surface area (Å²) in [5.41, 5.74) is 1.13. The lowest BCUT2D eigenvalue weighted by Crippen LogP contribution is -2.30. The van der Waals surface area contributed by atoms with E-state index in [1.165, 1.54) is 12.1 Å². The molecule has 1 aliphatic carbocycles. The molecule has 3 rings (SSSR count). The number of hydrogen-bond donors (Lipinski definition) is 1. The van der Waals surface area contributed by atoms with Crippen molar-refractivity contribution in [1.29, 1.82) is 0 Å². The maximum Gasteiger partial charge on any atom is 0.284 e. The van der Waals surface area contributed by atoms with Gasteiger partial charge in [0.05, 0.1) is 23.6 Å². The minimum atomic E-state index is -0.511. The molecule has 130 valence electrons. The number of nitro groups is 1. The third-order valence-corrected chi connectivity index (χ3v) is 5.11. The highest BCUT2D eigenvalue weighted by Gasteiger charge is 2.34. The van der Waals surface area contributed by atoms with Gasteiger partial charge in [-0.25, -0.2) is 0 Å². The molecule has 0 aliphatic heterocycles. The van der Waals surface area contributed by atoms with E-state index in [4.69, 9.17) is 4.74 Å². The van der Waals surface area contributed by atoms with E-state index in [9.17, 15) is 14.9 Å². The summed E-state index contributed by atoms with van der Waals surface area (Å²) in [6.07, 6.45) is 2.10. The molecule has 1 saturated carbocycles. The zero-order chi connectivity index (χ0) is 18.0. The maximum absolute atomic E-state index is 12.7. The zero-order valence-electron chi connectivity index (χ0n) is 13.6. The lowest BCUT2D eigenvalue weighted by molar-refractivity contribution is -0.385. The maximum atomic E-state index is 12.7. The van der Waals surface area contributed by atoms with Crippen LogP contribution in [-0.2, 0) is 0 Å². The molecule has 0 radical (unpaired) electrons. The predicted octanol–water partition coefficient (Wildman–Crippen LogP) is 4.25. The Kier molecular flexibility index (Phi) is 5.03. The molecule has 0 heterocycles. The van der Waals surface area contributed by atoms with E-state index >= 15 is 0 Å². The van der Waals surface area contributed by atoms with Gasteiger partial charge < -0.3 is 10.1 Å². The van der Waals surface area contributed by atoms with Crippen LogP contribution in [0.2, 0.25) is 0 Å². The summed E-state index contributed by atoms with van der Waals surface area (Å²) in [6, 6.07) is 11.9. The fourth-order valence-electron chi connectivity index (χ4n) is 2.77. The van der Waals surface area contributed by atoms with Gasteiger partial charge in [0.1, 0.15) is 10.2 Å². The van der Waals surface area contributed by atoms with E-state index in [0.717, 1.165) is 24.2 Å². The monoisotopic (exact) mass is 404 g/mol. The summed E-state index contributed by atoms with van der Waals surface area (Å²) in [4.78, 5) is 23.2. The van der Waals surface area contributed by atoms with Crippen LogP contribution in [0, 0.1) is 16.0 Å². The van der Waals surface area contributed by atoms with E-state index < -0.39 is 4.92 Å². The first-order valence-electron chi connectivity index (χ1n) is 7.89. The van der Waals surface area contributed by atoms with Crippen molar-refractivity contribution in [2.75, 3.05) is 7.11 Å². The molecular formula is C18H17BrN2O4. The molecule has 0 bridgehead atoms. The van der Waals surface area contributed by atoms with Gasteiger partial charge in [-0.05, 0) is 58.5 Å². The summed E-state index contributed by atoms with van der Waals surface area (Å²) in [7, 11) is 1.61. The fourth-order valence-corrected chi connectivity index (χ4v) is 3.36. The predicted molar refractivity (Wildman–Crippen MR) is 96.7 cm³/mol. The Hall–Kier alpha value is -2.41. The number of methoxy groups -OCH3 is 1. The number of nitrogens with zero attached hydrogens (tertiary/aromatic N) is 1. The number of hydrogen-bond acceptors (Lipinski definition) is 4. The second-order valence-corrected chi connectivity index (χ2v) is 6.75. The molecule has 0 aromatic heterocycles. The SMILES string of the molecule is COc1ccc([C@@H](NC(=O)c2cccc([N+](=O)[O-])c2Br)C2CC2)cc1. The molecular weight excluding hydrogens is 388 g/mol. The molecule has 0 spiro atoms. The number of ether oxygens (including phenoxy) is 1. The van der Waals surface area contributed by atoms with Crippen molar-refractivity contribution in [1.82, 2.24) is 5.32 Å². The van der Waals surface area contributed by atoms with Gasteiger partial charge in [-0.15, -0.1) is 0 Å². The Morgan fingerprint density at radius 3 is 2.52 bits per heavy atom. The quantitative estimate of drug-likeness (QED) is 0.576. The molecule has 2 aromatic carbocycles. The highest BCUT2D eigenvalue weighted by Crippen LogP contribution is 2.41. The molecule has 1 fully saturated rings. The second kappa shape index (κ2) is 7.23. The average molecular weight is 405 g/mol. The normalized spacial score (nSPS) is 14.6. The van der Waals surface area contributed by atoms with Crippen molar-refractivity contribution in [3.8, 4) is 5.75 Å². The van der Waals surface area contributed by atoms with Crippen LogP contribution in [-0.4, -0.2) is 17.9 Å². The third-order valence-electron chi connectivity index (χ3n) is 4.27. The topological polar surface area (TPSA) is 81.5 Å². The molecule has 2 aromatic rings. The van der Waals surface area contributed by atoms with Gasteiger partial charge in [0.15, 0.2) is 0 Å². The van der Waals surface area contributed by atoms with Gasteiger partial charge in [-0.3, -0.25) is 14.9 Å². The van der Waals surface area contributed by atoms with Crippen molar-refractivity contribution in [3.63, 3.8) is 0 Å². The minimum Gasteiger partial charge on any atom is -0.497 e. The molecule has 25 heavy (non-hydrogen) atoms. The zero-order valence-corrected chi connectivity index (χ0v) is 15.2. The third kappa shape index (κ3) is 3.82. The van der Waals surface area contributed by atoms with Gasteiger partial charge in [-0.1, -0.05) is 18.2 Å². The number of benzene rings is 2. The van der Waals surface area contributed by atoms with Crippen LogP contribution in [0.1, 0.15) is 34.8 Å². The first-order chi connectivity index (χ1) is 12.0. The van der Waals surface area contributed by atoms with E-state index in [1.54, 1.807) is 13.2 Å². The number of rotatable bonds is 6. The first kappa shape index (κ1) is 17.4. The van der Waals surface area contributed by atoms with E-state index in [2.05, 4.69) is 21.2 Å². The van der Waals surface area contributed by atoms with Crippen LogP contribution in [0.3, 0.4) is 0 Å². The number of carbonyl (C=O) groups is 1. The average Bonchev–Trinajstić information content (AvgIpc) is 3.44. The molecule has 1 aliphatic rings. The number of halogens is 1. The highest BCUT2D eigenvalue weighted by molar-refractivity contribution is 9.10. The van der Waals surface area contributed by atoms with Gasteiger partial charge in [0.25, 0.3) is 11.6 Å². The van der Waals surface area contributed by atoms with Gasteiger partial charge in [0.2, 0.25) is 0 Å². The van der Waals surface area contributed by atoms with Crippen molar-refractivity contribution >= 4 is 27.5 Å². The van der Waals surface area contributed by atoms with E-state index in [0.29, 0.717) is 5.92 Å². The second-order valence-electron chi connectivity index (χ2n) is 5.96. The number of amides is 1. The summed E-state index contributed by atoms with van der Waals surface area (Å²) in [5, 5.41) is 14.1. The highest BCUT2D eigenvalue weighted by atomic mass is 79.9. The van der Waals surface area contributed by atoms with Crippen molar-refractivity contribution in [2.45, 2.75) is 18.9 Å². The van der Waals surface area contributed by atoms with Crippen LogP contribution < -0.4 is 10.1 Å². The molecule has 0 saturated heterocycles. The summed E-state index contributed by atoms with van der Waals surface area (Å²) in [6.45, 7) is 0. The van der Waals surface area contributed by atoms with Crippen molar-refractivity contribution in [3.05, 3.63) is 68.2 Å². The Balaban J connectivity index is 1.84. The van der Waals surface area contributed by atoms with Crippen LogP contribution in [0.15, 0.2) is 46.9 Å². The Morgan fingerprint density at radius 2 is 1.96 bits per heavy atom. The van der Waals surface area contributed by atoms with E-state index in [1.807, 2.05) is 24.3 Å². The van der Waals surface area contributed by atoms with Crippen LogP contribution in [0.4, 0.5) is 5.69 Å². The standard InChI is InChI=1S/C18H17BrN2O4/c1-25-13-9-7-12(8-10-13)17(11-5-6-11)20-18(22)14-3-2-4-15(16(14)19)21(23)24/h2-4,7-11,17H,5-6H2,1H3,(H,20,22)/t17-/m0/s1. The van der Waals surface area contributed by atoms with Crippen LogP contribution in [0.25, 0.3) is 0 Å². The van der Waals surface area contributed by atoms with Crippen molar-refractivity contribution in [2.24, 2.45) is 5.92 Å². The minimum absolute atomic E-state index is 0.121. The molecule has 6 nitrogen and oxygen atoms in total. The molecule has 1 atom stereocenters. The van der Waals surface area contributed by atoms with Gasteiger partial charge >= 0.3 is 0 Å². The Morgan fingerprint density at radius 1 is 1.28 bits per heavy atom. The largest absolute Gasteiger partial charge is 0.497 e. The number of nitro benzene ring substituents is 1. The molecule has 1 N–H and O–H groups in total. The molecule has 7 heteroatoms. The molecule has 1 amide bonds. The van der Waals surface area contributed by atoms with Crippen LogP contribution in [0.5, 0.6) is 5.75 Å². The smallest absolute Gasteiger partial charge is 0.284 e. The first-order valence-corrected chi connectivity index (χ1v) is 8.68. The summed E-state index contributed by atoms with van der Waals surface area (Å²) in [5.74, 6) is 0.809. The van der Waals surface area contributed by atoms with Crippen LogP contribution >= 0.6 is 15.9 Å². The molecule has 0 unspecified atom stereocenters. The van der Waals surface area contributed by atoms with Crippen molar-refractivity contribution < 1.29 is 14.5 Å². The lowest BCUT2D eigenvalue weighted by atomic mass is 10.0. The fraction of sp³-hybridized carbons (Fsp3) is 0.278. The number of nitrogens with one attached hydrogen (secondary N) is 1. The number of carbonyl (C=O) groups excluding carboxylic acids is 1. The summed E-state index contributed by atoms with van der Waals surface area (Å²) >= 11 is 3.18. The Labute approximate surface area is 153 Å². The summed E-state index contributed by atoms with van der Waals surface area (Å²) < 4.78 is 5.37. The van der Waals surface area contributed by atoms with E-state index in [-0.39, 0.29) is 27.7 Å². The van der Waals surface area contributed by atoms with Gasteiger partial charge in [0, 0.05) is 6.07 Å².